The zero-order chi connectivity index (χ0) is 13.2. The molecule has 0 atom stereocenters. The molecule has 0 unspecified atom stereocenters. The first-order valence-corrected chi connectivity index (χ1v) is 8.30. The van der Waals surface area contributed by atoms with Crippen LogP contribution in [0.1, 0.15) is 4.88 Å². The second-order valence-corrected chi connectivity index (χ2v) is 7.74. The first-order valence-electron chi connectivity index (χ1n) is 4.95. The Bertz CT molecular complexity index is 635. The van der Waals surface area contributed by atoms with Gasteiger partial charge >= 0.3 is 0 Å². The quantitative estimate of drug-likeness (QED) is 0.945. The Kier molecular flexibility index (Phi) is 4.06. The number of thiophene rings is 1. The number of halogens is 1. The van der Waals surface area contributed by atoms with Gasteiger partial charge in [0, 0.05) is 9.77 Å². The van der Waals surface area contributed by atoms with Crippen molar-refractivity contribution in [2.24, 2.45) is 5.14 Å². The van der Waals surface area contributed by atoms with Crippen LogP contribution in [0.15, 0.2) is 45.5 Å². The molecular weight excluding hydrogens is 293 g/mol. The van der Waals surface area contributed by atoms with Gasteiger partial charge < -0.3 is 0 Å². The van der Waals surface area contributed by atoms with Crippen molar-refractivity contribution in [3.63, 3.8) is 0 Å². The van der Waals surface area contributed by atoms with Gasteiger partial charge in [-0.2, -0.15) is 0 Å². The molecule has 96 valence electrons. The molecule has 0 aliphatic rings. The molecule has 2 aromatic rings. The molecule has 1 heterocycles. The Balaban J connectivity index is 2.09. The Morgan fingerprint density at radius 1 is 1.17 bits per heavy atom. The van der Waals surface area contributed by atoms with Gasteiger partial charge in [0.15, 0.2) is 0 Å². The van der Waals surface area contributed by atoms with Gasteiger partial charge in [-0.15, -0.1) is 11.3 Å². The van der Waals surface area contributed by atoms with Crippen molar-refractivity contribution in [1.29, 1.82) is 0 Å². The van der Waals surface area contributed by atoms with E-state index in [1.165, 1.54) is 35.2 Å². The molecule has 2 rings (SSSR count). The van der Waals surface area contributed by atoms with Crippen molar-refractivity contribution >= 4 is 33.1 Å². The molecular formula is C11H10FNO2S3. The largest absolute Gasteiger partial charge is 0.228 e. The summed E-state index contributed by atoms with van der Waals surface area (Å²) in [6.07, 6.45) is 0. The van der Waals surface area contributed by atoms with Crippen molar-refractivity contribution in [3.8, 4) is 0 Å². The fraction of sp³-hybridized carbons (Fsp3) is 0.0909. The summed E-state index contributed by atoms with van der Waals surface area (Å²) in [5.41, 5.74) is 0. The average Bonchev–Trinajstić information content (AvgIpc) is 2.66. The van der Waals surface area contributed by atoms with E-state index in [1.54, 1.807) is 18.2 Å². The number of hydrogen-bond acceptors (Lipinski definition) is 4. The third kappa shape index (κ3) is 4.09. The van der Waals surface area contributed by atoms with Gasteiger partial charge in [-0.25, -0.2) is 17.9 Å². The van der Waals surface area contributed by atoms with Crippen molar-refractivity contribution < 1.29 is 12.8 Å². The van der Waals surface area contributed by atoms with E-state index in [1.807, 2.05) is 6.07 Å². The SMILES string of the molecule is NS(=O)(=O)Cc1ccc(Sc2ccc(F)cc2)s1. The number of hydrogen-bond donors (Lipinski definition) is 1. The molecule has 3 nitrogen and oxygen atoms in total. The van der Waals surface area contributed by atoms with Crippen LogP contribution < -0.4 is 5.14 Å². The summed E-state index contributed by atoms with van der Waals surface area (Å²) in [5, 5.41) is 4.98. The normalized spacial score (nSPS) is 11.7. The standard InChI is InChI=1S/C11H10FNO2S3/c12-8-1-3-9(4-2-8)16-11-6-5-10(17-11)7-18(13,14)15/h1-6H,7H2,(H2,13,14,15). The molecule has 1 aromatic carbocycles. The predicted octanol–water partition coefficient (Wildman–Crippen LogP) is 2.83. The van der Waals surface area contributed by atoms with E-state index in [0.29, 0.717) is 4.88 Å². The third-order valence-corrected chi connectivity index (χ3v) is 5.13. The van der Waals surface area contributed by atoms with Crippen LogP contribution in [0.2, 0.25) is 0 Å². The van der Waals surface area contributed by atoms with Gasteiger partial charge in [-0.1, -0.05) is 11.8 Å². The Labute approximate surface area is 113 Å². The smallest absolute Gasteiger partial charge is 0.214 e. The molecule has 0 aliphatic carbocycles. The zero-order valence-corrected chi connectivity index (χ0v) is 11.6. The van der Waals surface area contributed by atoms with Crippen LogP contribution in [0.25, 0.3) is 0 Å². The van der Waals surface area contributed by atoms with Crippen LogP contribution in [-0.2, 0) is 15.8 Å². The summed E-state index contributed by atoms with van der Waals surface area (Å²) >= 11 is 2.83. The lowest BCUT2D eigenvalue weighted by Gasteiger charge is -1.97. The predicted molar refractivity (Wildman–Crippen MR) is 71.7 cm³/mol. The van der Waals surface area contributed by atoms with Gasteiger partial charge in [0.2, 0.25) is 10.0 Å². The number of primary sulfonamides is 1. The fourth-order valence-electron chi connectivity index (χ4n) is 1.31. The lowest BCUT2D eigenvalue weighted by atomic mass is 10.4. The van der Waals surface area contributed by atoms with Gasteiger partial charge in [0.05, 0.1) is 9.96 Å². The molecule has 18 heavy (non-hydrogen) atoms. The van der Waals surface area contributed by atoms with Gasteiger partial charge in [-0.05, 0) is 36.4 Å². The summed E-state index contributed by atoms with van der Waals surface area (Å²) < 4.78 is 35.6. The molecule has 0 bridgehead atoms. The van der Waals surface area contributed by atoms with Crippen LogP contribution >= 0.6 is 23.1 Å². The summed E-state index contributed by atoms with van der Waals surface area (Å²) in [4.78, 5) is 1.60. The monoisotopic (exact) mass is 303 g/mol. The topological polar surface area (TPSA) is 60.2 Å². The van der Waals surface area contributed by atoms with Crippen LogP contribution in [0, 0.1) is 5.82 Å². The summed E-state index contributed by atoms with van der Waals surface area (Å²) in [6.45, 7) is 0. The lowest BCUT2D eigenvalue weighted by Crippen LogP contribution is -2.13. The maximum atomic E-state index is 12.7. The minimum Gasteiger partial charge on any atom is -0.228 e. The second-order valence-electron chi connectivity index (χ2n) is 3.58. The van der Waals surface area contributed by atoms with Crippen LogP contribution in [0.3, 0.4) is 0 Å². The fourth-order valence-corrected chi connectivity index (χ4v) is 4.48. The van der Waals surface area contributed by atoms with Crippen LogP contribution in [0.4, 0.5) is 4.39 Å². The zero-order valence-electron chi connectivity index (χ0n) is 9.17. The second kappa shape index (κ2) is 5.40. The van der Waals surface area contributed by atoms with E-state index >= 15 is 0 Å². The summed E-state index contributed by atoms with van der Waals surface area (Å²) in [7, 11) is -3.49. The molecule has 1 aromatic heterocycles. The van der Waals surface area contributed by atoms with Crippen molar-refractivity contribution in [1.82, 2.24) is 0 Å². The lowest BCUT2D eigenvalue weighted by molar-refractivity contribution is 0.597. The van der Waals surface area contributed by atoms with E-state index in [2.05, 4.69) is 0 Å². The highest BCUT2D eigenvalue weighted by Crippen LogP contribution is 2.33. The van der Waals surface area contributed by atoms with Gasteiger partial charge in [0.25, 0.3) is 0 Å². The highest BCUT2D eigenvalue weighted by molar-refractivity contribution is 8.01. The van der Waals surface area contributed by atoms with E-state index in [0.717, 1.165) is 9.10 Å². The average molecular weight is 303 g/mol. The number of benzene rings is 1. The van der Waals surface area contributed by atoms with Gasteiger partial charge in [0.1, 0.15) is 5.82 Å². The van der Waals surface area contributed by atoms with Crippen molar-refractivity contribution in [2.75, 3.05) is 0 Å². The molecule has 0 amide bonds. The van der Waals surface area contributed by atoms with E-state index < -0.39 is 10.0 Å². The Hall–Kier alpha value is -0.890. The van der Waals surface area contributed by atoms with E-state index in [-0.39, 0.29) is 11.6 Å². The first-order chi connectivity index (χ1) is 8.42. The number of sulfonamides is 1. The van der Waals surface area contributed by atoms with E-state index in [4.69, 9.17) is 5.14 Å². The highest BCUT2D eigenvalue weighted by Gasteiger charge is 2.08. The number of rotatable bonds is 4. The molecule has 0 saturated carbocycles. The summed E-state index contributed by atoms with van der Waals surface area (Å²) in [6, 6.07) is 9.71. The minimum absolute atomic E-state index is 0.151. The molecule has 0 aliphatic heterocycles. The van der Waals surface area contributed by atoms with Crippen LogP contribution in [0.5, 0.6) is 0 Å². The van der Waals surface area contributed by atoms with Crippen LogP contribution in [-0.4, -0.2) is 8.42 Å². The molecule has 0 radical (unpaired) electrons. The molecule has 7 heteroatoms. The maximum Gasteiger partial charge on any atom is 0.214 e. The van der Waals surface area contributed by atoms with Crippen molar-refractivity contribution in [3.05, 3.63) is 47.1 Å². The van der Waals surface area contributed by atoms with E-state index in [9.17, 15) is 12.8 Å². The third-order valence-electron chi connectivity index (χ3n) is 2.01. The molecule has 0 saturated heterocycles. The highest BCUT2D eigenvalue weighted by atomic mass is 32.2. The van der Waals surface area contributed by atoms with Gasteiger partial charge in [-0.3, -0.25) is 0 Å². The minimum atomic E-state index is -3.49. The first kappa shape index (κ1) is 13.5. The molecule has 2 N–H and O–H groups in total. The Morgan fingerprint density at radius 2 is 1.83 bits per heavy atom. The summed E-state index contributed by atoms with van der Waals surface area (Å²) in [5.74, 6) is -0.429. The number of nitrogens with two attached hydrogens (primary N) is 1. The maximum absolute atomic E-state index is 12.7. The Morgan fingerprint density at radius 3 is 2.44 bits per heavy atom. The molecule has 0 fully saturated rings. The molecule has 0 spiro atoms. The van der Waals surface area contributed by atoms with Crippen molar-refractivity contribution in [2.45, 2.75) is 14.9 Å².